The van der Waals surface area contributed by atoms with E-state index in [9.17, 15) is 4.79 Å². The summed E-state index contributed by atoms with van der Waals surface area (Å²) in [4.78, 5) is 15.2. The second-order valence-corrected chi connectivity index (χ2v) is 7.56. The first-order valence-corrected chi connectivity index (χ1v) is 8.36. The van der Waals surface area contributed by atoms with Crippen LogP contribution in [0.25, 0.3) is 11.0 Å². The molecule has 2 radical (unpaired) electrons. The number of H-pyrrole nitrogens is 1. The van der Waals surface area contributed by atoms with Gasteiger partial charge in [-0.3, -0.25) is 4.57 Å². The van der Waals surface area contributed by atoms with Crippen molar-refractivity contribution in [1.82, 2.24) is 9.55 Å². The summed E-state index contributed by atoms with van der Waals surface area (Å²) in [6.45, 7) is 3.96. The Balaban J connectivity index is 1.70. The normalized spacial score (nSPS) is 31.9. The molecule has 2 bridgehead atoms. The summed E-state index contributed by atoms with van der Waals surface area (Å²) in [7, 11) is 6.43. The molecular weight excluding hydrogens is 329 g/mol. The predicted octanol–water partition coefficient (Wildman–Crippen LogP) is 2.03. The molecule has 1 aromatic carbocycles. The van der Waals surface area contributed by atoms with E-state index < -0.39 is 0 Å². The highest BCUT2D eigenvalue weighted by atomic mass is 79.9. The lowest BCUT2D eigenvalue weighted by atomic mass is 9.75. The number of aromatic nitrogens is 2. The number of nitrogens with zero attached hydrogens (tertiary/aromatic N) is 2. The van der Waals surface area contributed by atoms with Crippen LogP contribution in [0.15, 0.2) is 27.5 Å². The largest absolute Gasteiger partial charge is 0.481 e. The average Bonchev–Trinajstić information content (AvgIpc) is 2.75. The van der Waals surface area contributed by atoms with Crippen molar-refractivity contribution in [3.8, 4) is 0 Å². The maximum absolute atomic E-state index is 12.3. The van der Waals surface area contributed by atoms with E-state index in [0.717, 1.165) is 47.6 Å². The molecule has 0 saturated carbocycles. The Morgan fingerprint density at radius 3 is 2.86 bits per heavy atom. The van der Waals surface area contributed by atoms with Gasteiger partial charge in [0.05, 0.1) is 30.7 Å². The van der Waals surface area contributed by atoms with Gasteiger partial charge in [-0.25, -0.2) is 4.79 Å². The molecule has 3 saturated heterocycles. The predicted molar refractivity (Wildman–Crippen MR) is 87.1 cm³/mol. The zero-order valence-corrected chi connectivity index (χ0v) is 13.5. The van der Waals surface area contributed by atoms with Crippen molar-refractivity contribution in [3.05, 3.63) is 33.2 Å². The van der Waals surface area contributed by atoms with Crippen LogP contribution in [0, 0.1) is 11.8 Å². The summed E-state index contributed by atoms with van der Waals surface area (Å²) in [5, 5.41) is 0. The summed E-state index contributed by atoms with van der Waals surface area (Å²) >= 11 is 3.49. The smallest absolute Gasteiger partial charge is 0.396 e. The van der Waals surface area contributed by atoms with E-state index in [1.54, 1.807) is 0 Å². The second kappa shape index (κ2) is 4.75. The van der Waals surface area contributed by atoms with E-state index in [0.29, 0.717) is 10.3 Å². The first kappa shape index (κ1) is 13.6. The standard InChI is InChI=1S/C15H18BBrN3O/c16-20-5-3-10(4-6-20)11(9-20)8-19-14-7-12(17)1-2-13(14)18-15(19)21/h1-2,7,10-11H,3-6,8-9H2,(H,18,21)/q+1. The maximum atomic E-state index is 12.3. The molecule has 4 nitrogen and oxygen atoms in total. The van der Waals surface area contributed by atoms with Gasteiger partial charge in [-0.2, -0.15) is 0 Å². The number of quaternary nitrogens is 1. The fraction of sp³-hybridized carbons (Fsp3) is 0.533. The molecule has 3 aliphatic heterocycles. The Kier molecular flexibility index (Phi) is 3.08. The molecule has 1 aromatic heterocycles. The monoisotopic (exact) mass is 346 g/mol. The van der Waals surface area contributed by atoms with Crippen LogP contribution in [0.1, 0.15) is 12.8 Å². The highest BCUT2D eigenvalue weighted by Gasteiger charge is 2.43. The molecule has 2 aromatic rings. The molecule has 21 heavy (non-hydrogen) atoms. The number of aromatic amines is 1. The van der Waals surface area contributed by atoms with Gasteiger partial charge in [-0.15, -0.1) is 0 Å². The summed E-state index contributed by atoms with van der Waals surface area (Å²) in [6.07, 6.45) is 2.39. The fourth-order valence-electron chi connectivity index (χ4n) is 4.12. The van der Waals surface area contributed by atoms with Gasteiger partial charge in [0.2, 0.25) is 0 Å². The second-order valence-electron chi connectivity index (χ2n) is 6.65. The van der Waals surface area contributed by atoms with E-state index >= 15 is 0 Å². The number of piperidine rings is 3. The summed E-state index contributed by atoms with van der Waals surface area (Å²) in [6, 6.07) is 5.92. The summed E-state index contributed by atoms with van der Waals surface area (Å²) < 4.78 is 3.58. The Bertz CT molecular complexity index is 745. The minimum absolute atomic E-state index is 0.0110. The zero-order valence-electron chi connectivity index (χ0n) is 11.9. The Hall–Kier alpha value is -1.01. The molecule has 108 valence electrons. The summed E-state index contributed by atoms with van der Waals surface area (Å²) in [5.74, 6) is 1.23. The van der Waals surface area contributed by atoms with Crippen LogP contribution in [0.3, 0.4) is 0 Å². The van der Waals surface area contributed by atoms with Crippen molar-refractivity contribution in [2.75, 3.05) is 19.6 Å². The van der Waals surface area contributed by atoms with Crippen LogP contribution in [0.5, 0.6) is 0 Å². The van der Waals surface area contributed by atoms with Gasteiger partial charge in [0.15, 0.2) is 0 Å². The van der Waals surface area contributed by atoms with Crippen molar-refractivity contribution in [1.29, 1.82) is 0 Å². The number of nitrogens with one attached hydrogen (secondary N) is 1. The molecule has 4 heterocycles. The number of fused-ring (bicyclic) bond motifs is 4. The molecule has 3 aliphatic rings. The first-order chi connectivity index (χ1) is 10.0. The molecule has 0 spiro atoms. The molecule has 6 heteroatoms. The fourth-order valence-corrected chi connectivity index (χ4v) is 4.47. The number of halogens is 1. The Labute approximate surface area is 133 Å². The third-order valence-corrected chi connectivity index (χ3v) is 5.80. The molecule has 1 atom stereocenters. The highest BCUT2D eigenvalue weighted by Crippen LogP contribution is 2.37. The van der Waals surface area contributed by atoms with Crippen LogP contribution >= 0.6 is 15.9 Å². The van der Waals surface area contributed by atoms with Gasteiger partial charge < -0.3 is 9.38 Å². The van der Waals surface area contributed by atoms with Crippen LogP contribution < -0.4 is 5.69 Å². The molecule has 0 aliphatic carbocycles. The van der Waals surface area contributed by atoms with Gasteiger partial charge in [-0.1, -0.05) is 15.9 Å². The lowest BCUT2D eigenvalue weighted by molar-refractivity contribution is -0.841. The number of hydrogen-bond donors (Lipinski definition) is 1. The molecule has 0 amide bonds. The molecule has 1 N–H and O–H groups in total. The van der Waals surface area contributed by atoms with Crippen LogP contribution in [0.4, 0.5) is 0 Å². The topological polar surface area (TPSA) is 37.8 Å². The third kappa shape index (κ3) is 2.29. The van der Waals surface area contributed by atoms with Crippen molar-refractivity contribution >= 4 is 34.9 Å². The third-order valence-electron chi connectivity index (χ3n) is 5.31. The minimum Gasteiger partial charge on any atom is -0.396 e. The van der Waals surface area contributed by atoms with Gasteiger partial charge in [-0.05, 0) is 37.0 Å². The van der Waals surface area contributed by atoms with E-state index in [-0.39, 0.29) is 5.69 Å². The van der Waals surface area contributed by atoms with Gasteiger partial charge in [0.25, 0.3) is 0 Å². The van der Waals surface area contributed by atoms with Crippen LogP contribution in [-0.2, 0) is 6.54 Å². The highest BCUT2D eigenvalue weighted by molar-refractivity contribution is 9.10. The summed E-state index contributed by atoms with van der Waals surface area (Å²) in [5.41, 5.74) is 1.87. The first-order valence-electron chi connectivity index (χ1n) is 7.57. The molecule has 5 rings (SSSR count). The van der Waals surface area contributed by atoms with Crippen LogP contribution in [0.2, 0.25) is 0 Å². The van der Waals surface area contributed by atoms with E-state index in [2.05, 4.69) is 20.9 Å². The van der Waals surface area contributed by atoms with E-state index in [1.807, 2.05) is 22.8 Å². The average molecular weight is 347 g/mol. The zero-order chi connectivity index (χ0) is 14.6. The van der Waals surface area contributed by atoms with E-state index in [4.69, 9.17) is 7.98 Å². The molecular formula is C15H18BBrN3O+. The quantitative estimate of drug-likeness (QED) is 0.830. The lowest BCUT2D eigenvalue weighted by Crippen LogP contribution is -2.61. The van der Waals surface area contributed by atoms with Crippen molar-refractivity contribution in [2.24, 2.45) is 11.8 Å². The Morgan fingerprint density at radius 2 is 2.14 bits per heavy atom. The maximum Gasteiger partial charge on any atom is 0.481 e. The molecule has 3 fully saturated rings. The SMILES string of the molecule is [B][N+]12CCC(CC1)C(Cn1c(=O)[nH]c3ccc(Br)cc31)C2. The molecule has 1 unspecified atom stereocenters. The van der Waals surface area contributed by atoms with E-state index in [1.165, 1.54) is 12.8 Å². The van der Waals surface area contributed by atoms with Crippen molar-refractivity contribution < 1.29 is 4.39 Å². The van der Waals surface area contributed by atoms with Gasteiger partial charge in [0, 0.05) is 16.9 Å². The van der Waals surface area contributed by atoms with Crippen molar-refractivity contribution in [2.45, 2.75) is 19.4 Å². The Morgan fingerprint density at radius 1 is 1.38 bits per heavy atom. The van der Waals surface area contributed by atoms with Crippen LogP contribution in [-0.4, -0.2) is 41.6 Å². The number of rotatable bonds is 2. The minimum atomic E-state index is -0.0110. The number of hydrogen-bond acceptors (Lipinski definition) is 1. The van der Waals surface area contributed by atoms with Crippen molar-refractivity contribution in [3.63, 3.8) is 0 Å². The van der Waals surface area contributed by atoms with Gasteiger partial charge >= 0.3 is 13.7 Å². The van der Waals surface area contributed by atoms with Gasteiger partial charge in [0.1, 0.15) is 0 Å². The number of benzene rings is 1. The number of imidazole rings is 1. The lowest BCUT2D eigenvalue weighted by Gasteiger charge is -2.51.